The van der Waals surface area contributed by atoms with Crippen molar-refractivity contribution in [3.8, 4) is 0 Å². The van der Waals surface area contributed by atoms with Crippen LogP contribution in [-0.4, -0.2) is 40.1 Å². The standard InChI is InChI=1S/C21H27N5O3/c1-25-18-14(23-13-11-21(12-13)7-9-22-10-8-21)3-2-4-15(18)26(20(25)29)16-5-6-17(27)24-19(16)28/h2-4,13,16,22-23H,5-12H2,1H3,(H,24,27,28). The number of carbonyl (C=O) groups excluding carboxylic acids is 2. The number of benzene rings is 1. The van der Waals surface area contributed by atoms with Gasteiger partial charge in [0, 0.05) is 19.5 Å². The number of fused-ring (bicyclic) bond motifs is 1. The quantitative estimate of drug-likeness (QED) is 0.678. The zero-order chi connectivity index (χ0) is 20.2. The molecule has 1 aromatic heterocycles. The summed E-state index contributed by atoms with van der Waals surface area (Å²) in [5, 5.41) is 9.44. The van der Waals surface area contributed by atoms with Gasteiger partial charge >= 0.3 is 5.69 Å². The Morgan fingerprint density at radius 2 is 1.90 bits per heavy atom. The van der Waals surface area contributed by atoms with Crippen molar-refractivity contribution < 1.29 is 9.59 Å². The van der Waals surface area contributed by atoms with E-state index in [1.807, 2.05) is 18.2 Å². The first-order chi connectivity index (χ1) is 14.0. The van der Waals surface area contributed by atoms with Gasteiger partial charge in [-0.3, -0.25) is 24.0 Å². The maximum Gasteiger partial charge on any atom is 0.329 e. The predicted octanol–water partition coefficient (Wildman–Crippen LogP) is 1.26. The molecular formula is C21H27N5O3. The zero-order valence-electron chi connectivity index (χ0n) is 16.7. The molecule has 1 unspecified atom stereocenters. The van der Waals surface area contributed by atoms with E-state index in [1.54, 1.807) is 11.6 Å². The van der Waals surface area contributed by atoms with Crippen molar-refractivity contribution in [2.75, 3.05) is 18.4 Å². The first-order valence-electron chi connectivity index (χ1n) is 10.5. The average molecular weight is 397 g/mol. The molecule has 5 rings (SSSR count). The van der Waals surface area contributed by atoms with E-state index in [4.69, 9.17) is 0 Å². The summed E-state index contributed by atoms with van der Waals surface area (Å²) >= 11 is 0. The summed E-state index contributed by atoms with van der Waals surface area (Å²) in [5.74, 6) is -0.681. The largest absolute Gasteiger partial charge is 0.381 e. The highest BCUT2D eigenvalue weighted by Gasteiger charge is 2.44. The molecule has 1 spiro atoms. The van der Waals surface area contributed by atoms with Crippen molar-refractivity contribution in [3.63, 3.8) is 0 Å². The normalized spacial score (nSPS) is 24.5. The molecule has 1 saturated carbocycles. The molecule has 1 atom stereocenters. The number of nitrogens with one attached hydrogen (secondary N) is 3. The lowest BCUT2D eigenvalue weighted by atomic mass is 9.60. The summed E-state index contributed by atoms with van der Waals surface area (Å²) in [7, 11) is 1.74. The molecule has 3 heterocycles. The molecule has 2 saturated heterocycles. The summed E-state index contributed by atoms with van der Waals surface area (Å²) in [6.07, 6.45) is 5.38. The molecule has 3 aliphatic rings. The van der Waals surface area contributed by atoms with E-state index in [1.165, 1.54) is 17.4 Å². The number of carbonyl (C=O) groups is 2. The molecule has 2 aromatic rings. The van der Waals surface area contributed by atoms with E-state index in [0.717, 1.165) is 42.7 Å². The van der Waals surface area contributed by atoms with E-state index >= 15 is 0 Å². The maximum atomic E-state index is 13.0. The van der Waals surface area contributed by atoms with Crippen molar-refractivity contribution in [1.29, 1.82) is 0 Å². The first-order valence-corrected chi connectivity index (χ1v) is 10.5. The molecule has 8 nitrogen and oxygen atoms in total. The Morgan fingerprint density at radius 1 is 1.14 bits per heavy atom. The molecule has 2 amide bonds. The minimum atomic E-state index is -0.652. The van der Waals surface area contributed by atoms with E-state index < -0.39 is 11.9 Å². The lowest BCUT2D eigenvalue weighted by Gasteiger charge is -2.51. The average Bonchev–Trinajstić information content (AvgIpc) is 2.93. The van der Waals surface area contributed by atoms with Crippen molar-refractivity contribution >= 4 is 28.5 Å². The highest BCUT2D eigenvalue weighted by atomic mass is 16.2. The highest BCUT2D eigenvalue weighted by molar-refractivity contribution is 6.00. The SMILES string of the molecule is Cn1c(=O)n(C2CCC(=O)NC2=O)c2cccc(NC3CC4(CCNCC4)C3)c21. The van der Waals surface area contributed by atoms with Crippen LogP contribution in [0.15, 0.2) is 23.0 Å². The highest BCUT2D eigenvalue weighted by Crippen LogP contribution is 2.49. The van der Waals surface area contributed by atoms with Gasteiger partial charge in [0.05, 0.1) is 16.7 Å². The summed E-state index contributed by atoms with van der Waals surface area (Å²) in [6, 6.07) is 5.56. The van der Waals surface area contributed by atoms with Crippen LogP contribution < -0.4 is 21.6 Å². The number of imide groups is 1. The van der Waals surface area contributed by atoms with E-state index in [9.17, 15) is 14.4 Å². The van der Waals surface area contributed by atoms with Crippen molar-refractivity contribution in [3.05, 3.63) is 28.7 Å². The van der Waals surface area contributed by atoms with Crippen LogP contribution in [0.3, 0.4) is 0 Å². The molecule has 0 bridgehead atoms. The minimum absolute atomic E-state index is 0.229. The number of nitrogens with zero attached hydrogens (tertiary/aromatic N) is 2. The van der Waals surface area contributed by atoms with Gasteiger partial charge in [0.2, 0.25) is 11.8 Å². The smallest absolute Gasteiger partial charge is 0.329 e. The summed E-state index contributed by atoms with van der Waals surface area (Å²) < 4.78 is 3.15. The Hall–Kier alpha value is -2.61. The topological polar surface area (TPSA) is 97.2 Å². The zero-order valence-corrected chi connectivity index (χ0v) is 16.7. The molecule has 2 aliphatic heterocycles. The number of imidazole rings is 1. The van der Waals surface area contributed by atoms with Gasteiger partial charge in [-0.2, -0.15) is 0 Å². The number of amides is 2. The molecule has 8 heteroatoms. The number of para-hydroxylation sites is 1. The molecule has 29 heavy (non-hydrogen) atoms. The Bertz CT molecular complexity index is 1040. The van der Waals surface area contributed by atoms with Gasteiger partial charge in [-0.15, -0.1) is 0 Å². The fourth-order valence-corrected chi connectivity index (χ4v) is 5.46. The van der Waals surface area contributed by atoms with Gasteiger partial charge in [0.25, 0.3) is 0 Å². The van der Waals surface area contributed by atoms with Crippen LogP contribution >= 0.6 is 0 Å². The Balaban J connectivity index is 1.45. The van der Waals surface area contributed by atoms with Crippen LogP contribution in [0.1, 0.15) is 44.6 Å². The number of aromatic nitrogens is 2. The number of rotatable bonds is 3. The maximum absolute atomic E-state index is 13.0. The summed E-state index contributed by atoms with van der Waals surface area (Å²) in [4.78, 5) is 36.9. The second-order valence-corrected chi connectivity index (χ2v) is 8.85. The lowest BCUT2D eigenvalue weighted by Crippen LogP contribution is -2.50. The molecular weight excluding hydrogens is 370 g/mol. The van der Waals surface area contributed by atoms with Crippen LogP contribution in [0, 0.1) is 5.41 Å². The van der Waals surface area contributed by atoms with Crippen LogP contribution in [0.4, 0.5) is 5.69 Å². The predicted molar refractivity (Wildman–Crippen MR) is 110 cm³/mol. The molecule has 3 fully saturated rings. The summed E-state index contributed by atoms with van der Waals surface area (Å²) in [5.41, 5.74) is 2.72. The van der Waals surface area contributed by atoms with Crippen LogP contribution in [-0.2, 0) is 16.6 Å². The third-order valence-corrected chi connectivity index (χ3v) is 7.01. The van der Waals surface area contributed by atoms with Gasteiger partial charge in [0.1, 0.15) is 6.04 Å². The molecule has 1 aromatic carbocycles. The second-order valence-electron chi connectivity index (χ2n) is 8.85. The number of hydrogen-bond acceptors (Lipinski definition) is 5. The Kier molecular flexibility index (Phi) is 4.27. The number of hydrogen-bond donors (Lipinski definition) is 3. The fraction of sp³-hybridized carbons (Fsp3) is 0.571. The minimum Gasteiger partial charge on any atom is -0.381 e. The van der Waals surface area contributed by atoms with E-state index in [-0.39, 0.29) is 18.0 Å². The number of piperidine rings is 2. The molecule has 1 aliphatic carbocycles. The monoisotopic (exact) mass is 397 g/mol. The molecule has 3 N–H and O–H groups in total. The number of aryl methyl sites for hydroxylation is 1. The van der Waals surface area contributed by atoms with Gasteiger partial charge < -0.3 is 10.6 Å². The van der Waals surface area contributed by atoms with E-state index in [0.29, 0.717) is 17.9 Å². The number of anilines is 1. The van der Waals surface area contributed by atoms with Gasteiger partial charge in [0.15, 0.2) is 0 Å². The Morgan fingerprint density at radius 3 is 2.62 bits per heavy atom. The van der Waals surface area contributed by atoms with Crippen LogP contribution in [0.2, 0.25) is 0 Å². The second kappa shape index (κ2) is 6.73. The van der Waals surface area contributed by atoms with Crippen molar-refractivity contribution in [2.45, 2.75) is 50.6 Å². The van der Waals surface area contributed by atoms with E-state index in [2.05, 4.69) is 16.0 Å². The van der Waals surface area contributed by atoms with Crippen LogP contribution in [0.25, 0.3) is 11.0 Å². The van der Waals surface area contributed by atoms with Gasteiger partial charge in [-0.1, -0.05) is 6.07 Å². The van der Waals surface area contributed by atoms with Crippen molar-refractivity contribution in [1.82, 2.24) is 19.8 Å². The van der Waals surface area contributed by atoms with Crippen molar-refractivity contribution in [2.24, 2.45) is 12.5 Å². The molecule has 154 valence electrons. The lowest BCUT2D eigenvalue weighted by molar-refractivity contribution is -0.135. The van der Waals surface area contributed by atoms with Gasteiger partial charge in [-0.05, 0) is 62.7 Å². The third-order valence-electron chi connectivity index (χ3n) is 7.01. The van der Waals surface area contributed by atoms with Crippen LogP contribution in [0.5, 0.6) is 0 Å². The fourth-order valence-electron chi connectivity index (χ4n) is 5.46. The first kappa shape index (κ1) is 18.4. The Labute approximate surface area is 168 Å². The van der Waals surface area contributed by atoms with Gasteiger partial charge in [-0.25, -0.2) is 4.79 Å². The molecule has 0 radical (unpaired) electrons. The summed E-state index contributed by atoms with van der Waals surface area (Å²) in [6.45, 7) is 2.21. The third kappa shape index (κ3) is 2.97.